The summed E-state index contributed by atoms with van der Waals surface area (Å²) in [7, 11) is -3.51. The van der Waals surface area contributed by atoms with Gasteiger partial charge in [-0.2, -0.15) is 0 Å². The molecule has 2 aromatic heterocycles. The first-order valence-electron chi connectivity index (χ1n) is 10.5. The molecule has 1 saturated heterocycles. The van der Waals surface area contributed by atoms with Crippen LogP contribution in [0.5, 0.6) is 0 Å². The lowest BCUT2D eigenvalue weighted by atomic mass is 10.1. The van der Waals surface area contributed by atoms with Crippen molar-refractivity contribution in [2.45, 2.75) is 4.90 Å². The number of fused-ring (bicyclic) bond motifs is 1. The van der Waals surface area contributed by atoms with E-state index in [1.54, 1.807) is 40.1 Å². The summed E-state index contributed by atoms with van der Waals surface area (Å²) in [4.78, 5) is 23.9. The van der Waals surface area contributed by atoms with E-state index in [0.717, 1.165) is 17.4 Å². The Balaban J connectivity index is 1.60. The van der Waals surface area contributed by atoms with Crippen LogP contribution in [0.15, 0.2) is 72.0 Å². The van der Waals surface area contributed by atoms with E-state index in [1.807, 2.05) is 30.3 Å². The summed E-state index contributed by atoms with van der Waals surface area (Å²) < 4.78 is 31.9. The molecular weight excluding hydrogens is 440 g/mol. The molecule has 8 nitrogen and oxygen atoms in total. The van der Waals surface area contributed by atoms with Gasteiger partial charge in [0.2, 0.25) is 5.95 Å². The number of hydrogen-bond donors (Lipinski definition) is 0. The molecule has 33 heavy (non-hydrogen) atoms. The second-order valence-corrected chi connectivity index (χ2v) is 9.89. The average molecular weight is 463 g/mol. The third-order valence-electron chi connectivity index (χ3n) is 5.67. The zero-order chi connectivity index (χ0) is 23.0. The number of nitrogens with zero attached hydrogens (tertiary/aromatic N) is 4. The van der Waals surface area contributed by atoms with Crippen molar-refractivity contribution in [2.24, 2.45) is 0 Å². The second-order valence-electron chi connectivity index (χ2n) is 7.91. The topological polar surface area (TPSA) is 94.4 Å². The number of carbonyl (C=O) groups is 1. The summed E-state index contributed by atoms with van der Waals surface area (Å²) >= 11 is 0. The first-order valence-corrected chi connectivity index (χ1v) is 12.4. The Kier molecular flexibility index (Phi) is 5.43. The number of aromatic nitrogens is 3. The summed E-state index contributed by atoms with van der Waals surface area (Å²) in [6, 6.07) is 14.8. The number of benzene rings is 2. The smallest absolute Gasteiger partial charge is 0.254 e. The molecule has 4 aromatic rings. The molecule has 0 aliphatic carbocycles. The van der Waals surface area contributed by atoms with E-state index >= 15 is 0 Å². The van der Waals surface area contributed by atoms with Gasteiger partial charge in [-0.25, -0.2) is 18.4 Å². The maximum atomic E-state index is 13.0. The SMILES string of the molecule is CS(=O)(=O)c1cn(-c2ncc(-c3ccccc3)cn2)c2cc(C(=O)N3CCOCC3)ccc12. The first kappa shape index (κ1) is 21.3. The van der Waals surface area contributed by atoms with Gasteiger partial charge < -0.3 is 9.64 Å². The minimum absolute atomic E-state index is 0.116. The fourth-order valence-corrected chi connectivity index (χ4v) is 4.83. The molecule has 0 spiro atoms. The van der Waals surface area contributed by atoms with Crippen molar-refractivity contribution >= 4 is 26.6 Å². The minimum Gasteiger partial charge on any atom is -0.378 e. The number of morpholine rings is 1. The summed E-state index contributed by atoms with van der Waals surface area (Å²) in [5.41, 5.74) is 2.87. The molecule has 0 radical (unpaired) electrons. The second kappa shape index (κ2) is 8.42. The predicted molar refractivity (Wildman–Crippen MR) is 124 cm³/mol. The van der Waals surface area contributed by atoms with E-state index in [2.05, 4.69) is 9.97 Å². The van der Waals surface area contributed by atoms with Gasteiger partial charge in [-0.3, -0.25) is 9.36 Å². The molecule has 1 fully saturated rings. The lowest BCUT2D eigenvalue weighted by molar-refractivity contribution is 0.0303. The zero-order valence-electron chi connectivity index (χ0n) is 18.0. The maximum Gasteiger partial charge on any atom is 0.254 e. The van der Waals surface area contributed by atoms with Crippen molar-refractivity contribution < 1.29 is 17.9 Å². The van der Waals surface area contributed by atoms with Crippen molar-refractivity contribution in [3.63, 3.8) is 0 Å². The van der Waals surface area contributed by atoms with Crippen molar-refractivity contribution in [1.29, 1.82) is 0 Å². The van der Waals surface area contributed by atoms with Crippen molar-refractivity contribution in [2.75, 3.05) is 32.6 Å². The number of sulfone groups is 1. The van der Waals surface area contributed by atoms with E-state index in [9.17, 15) is 13.2 Å². The van der Waals surface area contributed by atoms with E-state index in [-0.39, 0.29) is 10.8 Å². The van der Waals surface area contributed by atoms with Gasteiger partial charge in [-0.15, -0.1) is 0 Å². The monoisotopic (exact) mass is 462 g/mol. The minimum atomic E-state index is -3.51. The van der Waals surface area contributed by atoms with Crippen LogP contribution in [0.2, 0.25) is 0 Å². The van der Waals surface area contributed by atoms with Crippen LogP contribution >= 0.6 is 0 Å². The van der Waals surface area contributed by atoms with Gasteiger partial charge in [0.1, 0.15) is 0 Å². The van der Waals surface area contributed by atoms with Crippen LogP contribution in [-0.2, 0) is 14.6 Å². The summed E-state index contributed by atoms with van der Waals surface area (Å²) in [6.45, 7) is 2.06. The van der Waals surface area contributed by atoms with E-state index in [1.165, 1.54) is 6.20 Å². The largest absolute Gasteiger partial charge is 0.378 e. The molecule has 3 heterocycles. The Bertz CT molecular complexity index is 1420. The normalized spacial score (nSPS) is 14.5. The van der Waals surface area contributed by atoms with Crippen LogP contribution in [0.4, 0.5) is 0 Å². The number of hydrogen-bond acceptors (Lipinski definition) is 6. The van der Waals surface area contributed by atoms with Crippen LogP contribution in [0.3, 0.4) is 0 Å². The highest BCUT2D eigenvalue weighted by Crippen LogP contribution is 2.29. The van der Waals surface area contributed by atoms with Crippen LogP contribution in [0, 0.1) is 0 Å². The van der Waals surface area contributed by atoms with Gasteiger partial charge in [0.25, 0.3) is 5.91 Å². The van der Waals surface area contributed by atoms with E-state index in [4.69, 9.17) is 4.74 Å². The summed E-state index contributed by atoms with van der Waals surface area (Å²) in [5.74, 6) is 0.208. The van der Waals surface area contributed by atoms with Gasteiger partial charge in [-0.05, 0) is 17.7 Å². The van der Waals surface area contributed by atoms with Gasteiger partial charge in [-0.1, -0.05) is 36.4 Å². The fraction of sp³-hybridized carbons (Fsp3) is 0.208. The number of ether oxygens (including phenoxy) is 1. The molecule has 9 heteroatoms. The molecule has 0 saturated carbocycles. The fourth-order valence-electron chi connectivity index (χ4n) is 3.96. The Morgan fingerprint density at radius 3 is 2.33 bits per heavy atom. The summed E-state index contributed by atoms with van der Waals surface area (Å²) in [5, 5.41) is 0.520. The molecule has 0 N–H and O–H groups in total. The third-order valence-corrected chi connectivity index (χ3v) is 6.80. The molecule has 1 aliphatic heterocycles. The van der Waals surface area contributed by atoms with Crippen molar-refractivity contribution in [3.8, 4) is 17.1 Å². The van der Waals surface area contributed by atoms with Gasteiger partial charge in [0.15, 0.2) is 9.84 Å². The van der Waals surface area contributed by atoms with Crippen LogP contribution in [-0.4, -0.2) is 66.3 Å². The quantitative estimate of drug-likeness (QED) is 0.463. The van der Waals surface area contributed by atoms with E-state index < -0.39 is 9.84 Å². The van der Waals surface area contributed by atoms with Crippen LogP contribution in [0.1, 0.15) is 10.4 Å². The molecule has 1 amide bonds. The maximum absolute atomic E-state index is 13.0. The highest BCUT2D eigenvalue weighted by molar-refractivity contribution is 7.91. The van der Waals surface area contributed by atoms with Gasteiger partial charge in [0.05, 0.1) is 23.6 Å². The lowest BCUT2D eigenvalue weighted by Gasteiger charge is -2.26. The zero-order valence-corrected chi connectivity index (χ0v) is 18.8. The standard InChI is InChI=1S/C24H22N4O4S/c1-33(30,31)22-16-28(24-25-14-19(15-26-24)17-5-3-2-4-6-17)21-13-18(7-8-20(21)22)23(29)27-9-11-32-12-10-27/h2-8,13-16H,9-12H2,1H3. The van der Waals surface area contributed by atoms with Crippen molar-refractivity contribution in [1.82, 2.24) is 19.4 Å². The highest BCUT2D eigenvalue weighted by atomic mass is 32.2. The van der Waals surface area contributed by atoms with Gasteiger partial charge in [0, 0.05) is 54.4 Å². The number of amides is 1. The Morgan fingerprint density at radius 2 is 1.67 bits per heavy atom. The van der Waals surface area contributed by atoms with Crippen molar-refractivity contribution in [3.05, 3.63) is 72.7 Å². The first-order chi connectivity index (χ1) is 15.9. The van der Waals surface area contributed by atoms with Crippen LogP contribution in [0.25, 0.3) is 28.0 Å². The lowest BCUT2D eigenvalue weighted by Crippen LogP contribution is -2.40. The molecule has 0 unspecified atom stereocenters. The van der Waals surface area contributed by atoms with E-state index in [0.29, 0.717) is 48.7 Å². The molecule has 0 atom stereocenters. The molecule has 5 rings (SSSR count). The Hall–Kier alpha value is -3.56. The molecule has 0 bridgehead atoms. The van der Waals surface area contributed by atoms with Crippen LogP contribution < -0.4 is 0 Å². The summed E-state index contributed by atoms with van der Waals surface area (Å²) in [6.07, 6.45) is 6.08. The molecule has 2 aromatic carbocycles. The molecule has 168 valence electrons. The average Bonchev–Trinajstić information content (AvgIpc) is 3.24. The molecule has 1 aliphatic rings. The predicted octanol–water partition coefficient (Wildman–Crippen LogP) is 2.96. The number of carbonyl (C=O) groups excluding carboxylic acids is 1. The van der Waals surface area contributed by atoms with Gasteiger partial charge >= 0.3 is 0 Å². The molecular formula is C24H22N4O4S. The Morgan fingerprint density at radius 1 is 0.970 bits per heavy atom. The third kappa shape index (κ3) is 4.12. The number of rotatable bonds is 4. The highest BCUT2D eigenvalue weighted by Gasteiger charge is 2.23. The Labute approximate surface area is 191 Å².